The second-order valence-corrected chi connectivity index (χ2v) is 5.41. The molecule has 0 aliphatic carbocycles. The van der Waals surface area contributed by atoms with Crippen LogP contribution in [0.5, 0.6) is 5.75 Å². The van der Waals surface area contributed by atoms with Gasteiger partial charge in [0.1, 0.15) is 12.3 Å². The SMILES string of the molecule is CCC(CO)NC(=O)CN1CCN(c2ccc(OC)cc2)C1=O. The zero-order valence-electron chi connectivity index (χ0n) is 13.5. The van der Waals surface area contributed by atoms with Crippen LogP contribution in [0.3, 0.4) is 0 Å². The van der Waals surface area contributed by atoms with Gasteiger partial charge in [-0.3, -0.25) is 9.69 Å². The summed E-state index contributed by atoms with van der Waals surface area (Å²) in [6, 6.07) is 6.77. The molecule has 0 saturated carbocycles. The summed E-state index contributed by atoms with van der Waals surface area (Å²) in [5, 5.41) is 11.8. The minimum Gasteiger partial charge on any atom is -0.497 e. The topological polar surface area (TPSA) is 82.1 Å². The van der Waals surface area contributed by atoms with Crippen molar-refractivity contribution in [2.75, 3.05) is 38.3 Å². The number of aliphatic hydroxyl groups excluding tert-OH is 1. The Kier molecular flexibility index (Phi) is 5.81. The quantitative estimate of drug-likeness (QED) is 0.779. The van der Waals surface area contributed by atoms with Crippen molar-refractivity contribution >= 4 is 17.6 Å². The molecule has 2 rings (SSSR count). The Morgan fingerprint density at radius 1 is 1.35 bits per heavy atom. The summed E-state index contributed by atoms with van der Waals surface area (Å²) in [5.74, 6) is 0.474. The largest absolute Gasteiger partial charge is 0.497 e. The number of carbonyl (C=O) groups is 2. The van der Waals surface area contributed by atoms with Crippen LogP contribution in [0.15, 0.2) is 24.3 Å². The van der Waals surface area contributed by atoms with Crippen molar-refractivity contribution in [3.63, 3.8) is 0 Å². The second kappa shape index (κ2) is 7.82. The van der Waals surface area contributed by atoms with Gasteiger partial charge in [0.05, 0.1) is 19.8 Å². The average Bonchev–Trinajstić information content (AvgIpc) is 2.93. The van der Waals surface area contributed by atoms with Crippen molar-refractivity contribution in [2.24, 2.45) is 0 Å². The third-order valence-corrected chi connectivity index (χ3v) is 3.89. The molecule has 1 aliphatic rings. The van der Waals surface area contributed by atoms with Gasteiger partial charge in [0.25, 0.3) is 0 Å². The third-order valence-electron chi connectivity index (χ3n) is 3.89. The fraction of sp³-hybridized carbons (Fsp3) is 0.500. The standard InChI is InChI=1S/C16H23N3O4/c1-3-12(11-20)17-15(21)10-18-8-9-19(16(18)22)13-4-6-14(23-2)7-5-13/h4-7,12,20H,3,8-11H2,1-2H3,(H,17,21). The van der Waals surface area contributed by atoms with Crippen LogP contribution in [0.25, 0.3) is 0 Å². The maximum Gasteiger partial charge on any atom is 0.325 e. The molecular weight excluding hydrogens is 298 g/mol. The average molecular weight is 321 g/mol. The highest BCUT2D eigenvalue weighted by Gasteiger charge is 2.31. The van der Waals surface area contributed by atoms with Crippen molar-refractivity contribution in [3.8, 4) is 5.75 Å². The number of anilines is 1. The van der Waals surface area contributed by atoms with E-state index < -0.39 is 0 Å². The zero-order chi connectivity index (χ0) is 16.8. The smallest absolute Gasteiger partial charge is 0.325 e. The lowest BCUT2D eigenvalue weighted by molar-refractivity contribution is -0.122. The van der Waals surface area contributed by atoms with Crippen LogP contribution in [0.4, 0.5) is 10.5 Å². The third kappa shape index (κ3) is 4.13. The van der Waals surface area contributed by atoms with E-state index in [0.29, 0.717) is 19.5 Å². The Morgan fingerprint density at radius 2 is 2.04 bits per heavy atom. The van der Waals surface area contributed by atoms with Crippen LogP contribution in [-0.2, 0) is 4.79 Å². The van der Waals surface area contributed by atoms with Gasteiger partial charge in [-0.25, -0.2) is 4.79 Å². The van der Waals surface area contributed by atoms with E-state index in [9.17, 15) is 9.59 Å². The fourth-order valence-electron chi connectivity index (χ4n) is 2.45. The van der Waals surface area contributed by atoms with Crippen LogP contribution >= 0.6 is 0 Å². The highest BCUT2D eigenvalue weighted by Crippen LogP contribution is 2.23. The first-order valence-electron chi connectivity index (χ1n) is 7.69. The Morgan fingerprint density at radius 3 is 2.61 bits per heavy atom. The number of nitrogens with one attached hydrogen (secondary N) is 1. The van der Waals surface area contributed by atoms with Gasteiger partial charge < -0.3 is 20.1 Å². The van der Waals surface area contributed by atoms with Crippen LogP contribution < -0.4 is 15.0 Å². The molecule has 0 radical (unpaired) electrons. The van der Waals surface area contributed by atoms with Crippen LogP contribution in [0.2, 0.25) is 0 Å². The summed E-state index contributed by atoms with van der Waals surface area (Å²) in [4.78, 5) is 27.5. The lowest BCUT2D eigenvalue weighted by Crippen LogP contribution is -2.44. The summed E-state index contributed by atoms with van der Waals surface area (Å²) in [6.07, 6.45) is 0.647. The highest BCUT2D eigenvalue weighted by molar-refractivity contribution is 5.96. The molecule has 1 aromatic carbocycles. The van der Waals surface area contributed by atoms with E-state index in [0.717, 1.165) is 11.4 Å². The molecule has 7 heteroatoms. The predicted molar refractivity (Wildman–Crippen MR) is 86.6 cm³/mol. The maximum absolute atomic E-state index is 12.4. The van der Waals surface area contributed by atoms with Gasteiger partial charge in [-0.05, 0) is 30.7 Å². The molecule has 1 fully saturated rings. The number of carbonyl (C=O) groups excluding carboxylic acids is 2. The fourth-order valence-corrected chi connectivity index (χ4v) is 2.45. The van der Waals surface area contributed by atoms with Gasteiger partial charge in [0, 0.05) is 18.8 Å². The van der Waals surface area contributed by atoms with Gasteiger partial charge in [0.2, 0.25) is 5.91 Å². The van der Waals surface area contributed by atoms with Gasteiger partial charge >= 0.3 is 6.03 Å². The minimum atomic E-state index is -0.266. The number of methoxy groups -OCH3 is 1. The van der Waals surface area contributed by atoms with Crippen molar-refractivity contribution in [2.45, 2.75) is 19.4 Å². The summed E-state index contributed by atoms with van der Waals surface area (Å²) in [5.41, 5.74) is 0.778. The van der Waals surface area contributed by atoms with E-state index in [-0.39, 0.29) is 31.1 Å². The lowest BCUT2D eigenvalue weighted by atomic mass is 10.2. The Balaban J connectivity index is 1.94. The molecule has 1 atom stereocenters. The Bertz CT molecular complexity index is 543. The number of aliphatic hydroxyl groups is 1. The number of benzene rings is 1. The van der Waals surface area contributed by atoms with E-state index in [4.69, 9.17) is 9.84 Å². The first-order valence-corrected chi connectivity index (χ1v) is 7.69. The molecule has 7 nitrogen and oxygen atoms in total. The Hall–Kier alpha value is -2.28. The van der Waals surface area contributed by atoms with Crippen molar-refractivity contribution in [1.82, 2.24) is 10.2 Å². The molecule has 2 N–H and O–H groups in total. The maximum atomic E-state index is 12.4. The number of rotatable bonds is 7. The first-order chi connectivity index (χ1) is 11.1. The molecule has 23 heavy (non-hydrogen) atoms. The molecule has 1 heterocycles. The van der Waals surface area contributed by atoms with Gasteiger partial charge in [-0.1, -0.05) is 6.92 Å². The molecule has 0 bridgehead atoms. The van der Waals surface area contributed by atoms with E-state index in [1.807, 2.05) is 19.1 Å². The van der Waals surface area contributed by atoms with Crippen LogP contribution in [0.1, 0.15) is 13.3 Å². The number of ether oxygens (including phenoxy) is 1. The molecule has 126 valence electrons. The molecule has 1 aliphatic heterocycles. The number of nitrogens with zero attached hydrogens (tertiary/aromatic N) is 2. The molecule has 3 amide bonds. The van der Waals surface area contributed by atoms with Crippen molar-refractivity contribution in [3.05, 3.63) is 24.3 Å². The summed E-state index contributed by atoms with van der Waals surface area (Å²) < 4.78 is 5.10. The lowest BCUT2D eigenvalue weighted by Gasteiger charge is -2.20. The highest BCUT2D eigenvalue weighted by atomic mass is 16.5. The van der Waals surface area contributed by atoms with E-state index in [2.05, 4.69) is 5.32 Å². The Labute approximate surface area is 135 Å². The summed E-state index contributed by atoms with van der Waals surface area (Å²) in [6.45, 7) is 2.81. The minimum absolute atomic E-state index is 0.00197. The molecular formula is C16H23N3O4. The summed E-state index contributed by atoms with van der Waals surface area (Å²) >= 11 is 0. The first kappa shape index (κ1) is 17.1. The molecule has 0 aromatic heterocycles. The monoisotopic (exact) mass is 321 g/mol. The second-order valence-electron chi connectivity index (χ2n) is 5.41. The van der Waals surface area contributed by atoms with Crippen LogP contribution in [-0.4, -0.2) is 61.3 Å². The molecule has 1 aromatic rings. The molecule has 0 spiro atoms. The number of hydrogen-bond acceptors (Lipinski definition) is 4. The van der Waals surface area contributed by atoms with E-state index in [1.165, 1.54) is 4.90 Å². The number of amides is 3. The van der Waals surface area contributed by atoms with E-state index in [1.54, 1.807) is 24.1 Å². The molecule has 1 saturated heterocycles. The van der Waals surface area contributed by atoms with E-state index >= 15 is 0 Å². The predicted octanol–water partition coefficient (Wildman–Crippen LogP) is 0.824. The summed E-state index contributed by atoms with van der Waals surface area (Å²) in [7, 11) is 1.59. The number of hydrogen-bond donors (Lipinski definition) is 2. The van der Waals surface area contributed by atoms with Crippen molar-refractivity contribution < 1.29 is 19.4 Å². The van der Waals surface area contributed by atoms with Crippen molar-refractivity contribution in [1.29, 1.82) is 0 Å². The number of urea groups is 1. The van der Waals surface area contributed by atoms with Gasteiger partial charge in [0.15, 0.2) is 0 Å². The normalized spacial score (nSPS) is 15.7. The zero-order valence-corrected chi connectivity index (χ0v) is 13.5. The van der Waals surface area contributed by atoms with Gasteiger partial charge in [-0.15, -0.1) is 0 Å². The molecule has 1 unspecified atom stereocenters. The van der Waals surface area contributed by atoms with Gasteiger partial charge in [-0.2, -0.15) is 0 Å². The van der Waals surface area contributed by atoms with Crippen LogP contribution in [0, 0.1) is 0 Å².